The topological polar surface area (TPSA) is 29.5 Å². The lowest BCUT2D eigenvalue weighted by atomic mass is 10.1. The minimum Gasteiger partial charge on any atom is -0.456 e. The van der Waals surface area contributed by atoms with Crippen molar-refractivity contribution in [2.24, 2.45) is 0 Å². The third-order valence-corrected chi connectivity index (χ3v) is 3.49. The van der Waals surface area contributed by atoms with Gasteiger partial charge < -0.3 is 9.84 Å². The molecule has 0 fully saturated rings. The largest absolute Gasteiger partial charge is 0.456 e. The molecule has 18 heavy (non-hydrogen) atoms. The van der Waals surface area contributed by atoms with Gasteiger partial charge in [0.25, 0.3) is 0 Å². The van der Waals surface area contributed by atoms with Crippen LogP contribution < -0.4 is 4.74 Å². The summed E-state index contributed by atoms with van der Waals surface area (Å²) in [5.74, 6) is 1.27. The summed E-state index contributed by atoms with van der Waals surface area (Å²) < 4.78 is 6.49. The maximum absolute atomic E-state index is 9.54. The molecular formula is C14H12BrClO2. The van der Waals surface area contributed by atoms with E-state index in [4.69, 9.17) is 16.3 Å². The Morgan fingerprint density at radius 3 is 2.56 bits per heavy atom. The molecule has 0 bridgehead atoms. The van der Waals surface area contributed by atoms with Gasteiger partial charge in [-0.15, -0.1) is 0 Å². The van der Waals surface area contributed by atoms with Crippen LogP contribution in [0.15, 0.2) is 46.9 Å². The maximum Gasteiger partial charge on any atom is 0.146 e. The third kappa shape index (κ3) is 3.05. The molecule has 0 aliphatic heterocycles. The van der Waals surface area contributed by atoms with Crippen LogP contribution in [0.25, 0.3) is 0 Å². The summed E-state index contributed by atoms with van der Waals surface area (Å²) in [5, 5.41) is 10.1. The van der Waals surface area contributed by atoms with E-state index >= 15 is 0 Å². The van der Waals surface area contributed by atoms with Gasteiger partial charge in [-0.3, -0.25) is 0 Å². The predicted octanol–water partition coefficient (Wildman–Crippen LogP) is 4.95. The minimum atomic E-state index is -0.520. The summed E-state index contributed by atoms with van der Waals surface area (Å²) in [4.78, 5) is 0. The summed E-state index contributed by atoms with van der Waals surface area (Å²) in [6, 6.07) is 12.7. The highest BCUT2D eigenvalue weighted by atomic mass is 79.9. The molecule has 1 atom stereocenters. The molecule has 1 unspecified atom stereocenters. The van der Waals surface area contributed by atoms with Crippen LogP contribution in [0.1, 0.15) is 18.6 Å². The molecule has 2 nitrogen and oxygen atoms in total. The van der Waals surface area contributed by atoms with Gasteiger partial charge in [0, 0.05) is 4.47 Å². The standard InChI is InChI=1S/C14H12BrClO2/c1-9(17)11-7-6-10(8-12(11)15)18-14-5-3-2-4-13(14)16/h2-9,17H,1H3. The van der Waals surface area contributed by atoms with E-state index in [-0.39, 0.29) is 0 Å². The molecule has 0 aliphatic rings. The monoisotopic (exact) mass is 326 g/mol. The van der Waals surface area contributed by atoms with Gasteiger partial charge in [0.05, 0.1) is 11.1 Å². The number of rotatable bonds is 3. The Hall–Kier alpha value is -1.03. The molecular weight excluding hydrogens is 316 g/mol. The molecule has 0 heterocycles. The Labute approximate surface area is 119 Å². The van der Waals surface area contributed by atoms with E-state index < -0.39 is 6.10 Å². The van der Waals surface area contributed by atoms with E-state index in [9.17, 15) is 5.11 Å². The Morgan fingerprint density at radius 2 is 1.94 bits per heavy atom. The molecule has 0 saturated heterocycles. The lowest BCUT2D eigenvalue weighted by Crippen LogP contribution is -1.93. The zero-order chi connectivity index (χ0) is 13.1. The number of halogens is 2. The molecule has 2 aromatic carbocycles. The van der Waals surface area contributed by atoms with Crippen molar-refractivity contribution in [2.45, 2.75) is 13.0 Å². The Morgan fingerprint density at radius 1 is 1.22 bits per heavy atom. The second-order valence-electron chi connectivity index (χ2n) is 3.89. The van der Waals surface area contributed by atoms with E-state index in [1.54, 1.807) is 25.1 Å². The average Bonchev–Trinajstić information content (AvgIpc) is 2.32. The van der Waals surface area contributed by atoms with E-state index in [0.717, 1.165) is 10.0 Å². The SMILES string of the molecule is CC(O)c1ccc(Oc2ccccc2Cl)cc1Br. The zero-order valence-corrected chi connectivity index (χ0v) is 12.1. The first-order valence-electron chi connectivity index (χ1n) is 5.48. The Kier molecular flexibility index (Phi) is 4.27. The second kappa shape index (κ2) is 5.74. The first kappa shape index (κ1) is 13.4. The van der Waals surface area contributed by atoms with Gasteiger partial charge in [-0.05, 0) is 36.8 Å². The third-order valence-electron chi connectivity index (χ3n) is 2.49. The molecule has 1 N–H and O–H groups in total. The van der Waals surface area contributed by atoms with Crippen molar-refractivity contribution in [3.63, 3.8) is 0 Å². The zero-order valence-electron chi connectivity index (χ0n) is 9.73. The number of hydrogen-bond donors (Lipinski definition) is 1. The Bertz CT molecular complexity index is 555. The van der Waals surface area contributed by atoms with E-state index in [1.807, 2.05) is 24.3 Å². The number of hydrogen-bond acceptors (Lipinski definition) is 2. The van der Waals surface area contributed by atoms with E-state index in [0.29, 0.717) is 16.5 Å². The van der Waals surface area contributed by atoms with Crippen LogP contribution in [0.3, 0.4) is 0 Å². The maximum atomic E-state index is 9.54. The molecule has 94 valence electrons. The Balaban J connectivity index is 2.26. The van der Waals surface area contributed by atoms with Crippen LogP contribution in [0, 0.1) is 0 Å². The molecule has 0 aromatic heterocycles. The van der Waals surface area contributed by atoms with Crippen molar-refractivity contribution in [3.05, 3.63) is 57.5 Å². The van der Waals surface area contributed by atoms with Crippen LogP contribution in [0.5, 0.6) is 11.5 Å². The minimum absolute atomic E-state index is 0.520. The van der Waals surface area contributed by atoms with Crippen molar-refractivity contribution in [3.8, 4) is 11.5 Å². The predicted molar refractivity (Wildman–Crippen MR) is 76.3 cm³/mol. The molecule has 2 rings (SSSR count). The van der Waals surface area contributed by atoms with E-state index in [2.05, 4.69) is 15.9 Å². The highest BCUT2D eigenvalue weighted by Gasteiger charge is 2.08. The fourth-order valence-corrected chi connectivity index (χ4v) is 2.43. The van der Waals surface area contributed by atoms with Crippen LogP contribution in [-0.2, 0) is 0 Å². The first-order chi connectivity index (χ1) is 8.58. The second-order valence-corrected chi connectivity index (χ2v) is 5.15. The molecule has 0 amide bonds. The number of ether oxygens (including phenoxy) is 1. The van der Waals surface area contributed by atoms with Crippen LogP contribution in [-0.4, -0.2) is 5.11 Å². The van der Waals surface area contributed by atoms with Gasteiger partial charge in [-0.1, -0.05) is 45.7 Å². The number of para-hydroxylation sites is 1. The molecule has 0 aliphatic carbocycles. The summed E-state index contributed by atoms with van der Waals surface area (Å²) in [6.07, 6.45) is -0.520. The molecule has 0 saturated carbocycles. The highest BCUT2D eigenvalue weighted by molar-refractivity contribution is 9.10. The van der Waals surface area contributed by atoms with Gasteiger partial charge in [0.1, 0.15) is 11.5 Å². The fourth-order valence-electron chi connectivity index (χ4n) is 1.56. The van der Waals surface area contributed by atoms with Crippen LogP contribution in [0.2, 0.25) is 5.02 Å². The van der Waals surface area contributed by atoms with Gasteiger partial charge in [-0.25, -0.2) is 0 Å². The summed E-state index contributed by atoms with van der Waals surface area (Å²) in [5.41, 5.74) is 0.821. The summed E-state index contributed by atoms with van der Waals surface area (Å²) in [7, 11) is 0. The molecule has 2 aromatic rings. The van der Waals surface area contributed by atoms with Gasteiger partial charge in [0.2, 0.25) is 0 Å². The van der Waals surface area contributed by atoms with Crippen LogP contribution in [0.4, 0.5) is 0 Å². The summed E-state index contributed by atoms with van der Waals surface area (Å²) in [6.45, 7) is 1.72. The van der Waals surface area contributed by atoms with Gasteiger partial charge in [-0.2, -0.15) is 0 Å². The quantitative estimate of drug-likeness (QED) is 0.864. The molecule has 0 spiro atoms. The number of aliphatic hydroxyl groups is 1. The summed E-state index contributed by atoms with van der Waals surface area (Å²) >= 11 is 9.43. The molecule has 4 heteroatoms. The molecule has 0 radical (unpaired) electrons. The lowest BCUT2D eigenvalue weighted by molar-refractivity contribution is 0.198. The van der Waals surface area contributed by atoms with Crippen molar-refractivity contribution in [2.75, 3.05) is 0 Å². The van der Waals surface area contributed by atoms with Crippen molar-refractivity contribution in [1.82, 2.24) is 0 Å². The van der Waals surface area contributed by atoms with Crippen molar-refractivity contribution in [1.29, 1.82) is 0 Å². The average molecular weight is 328 g/mol. The fraction of sp³-hybridized carbons (Fsp3) is 0.143. The first-order valence-corrected chi connectivity index (χ1v) is 6.65. The van der Waals surface area contributed by atoms with Gasteiger partial charge >= 0.3 is 0 Å². The lowest BCUT2D eigenvalue weighted by Gasteiger charge is -2.11. The normalized spacial score (nSPS) is 12.2. The van der Waals surface area contributed by atoms with Crippen molar-refractivity contribution < 1.29 is 9.84 Å². The smallest absolute Gasteiger partial charge is 0.146 e. The number of aliphatic hydroxyl groups excluding tert-OH is 1. The van der Waals surface area contributed by atoms with Crippen molar-refractivity contribution >= 4 is 27.5 Å². The van der Waals surface area contributed by atoms with Gasteiger partial charge in [0.15, 0.2) is 0 Å². The van der Waals surface area contributed by atoms with E-state index in [1.165, 1.54) is 0 Å². The number of benzene rings is 2. The highest BCUT2D eigenvalue weighted by Crippen LogP contribution is 2.32. The van der Waals surface area contributed by atoms with Crippen LogP contribution >= 0.6 is 27.5 Å².